The van der Waals surface area contributed by atoms with Crippen molar-refractivity contribution in [2.24, 2.45) is 0 Å². The summed E-state index contributed by atoms with van der Waals surface area (Å²) in [5.74, 6) is -1.07. The Bertz CT molecular complexity index is 662. The molecule has 0 amide bonds. The van der Waals surface area contributed by atoms with E-state index >= 15 is 0 Å². The summed E-state index contributed by atoms with van der Waals surface area (Å²) in [7, 11) is 0. The van der Waals surface area contributed by atoms with E-state index in [0.29, 0.717) is 16.3 Å². The molecule has 0 saturated heterocycles. The first-order valence-electron chi connectivity index (χ1n) is 6.13. The zero-order valence-corrected chi connectivity index (χ0v) is 13.4. The van der Waals surface area contributed by atoms with E-state index in [1.54, 1.807) is 25.1 Å². The summed E-state index contributed by atoms with van der Waals surface area (Å²) in [5.41, 5.74) is 0.272. The maximum absolute atomic E-state index is 13.9. The molecule has 0 aromatic heterocycles. The van der Waals surface area contributed by atoms with Crippen molar-refractivity contribution < 1.29 is 18.6 Å². The number of hydrogen-bond donors (Lipinski definition) is 1. The Morgan fingerprint density at radius 2 is 2.00 bits per heavy atom. The third-order valence-electron chi connectivity index (χ3n) is 2.93. The van der Waals surface area contributed by atoms with E-state index in [2.05, 4.69) is 15.9 Å². The van der Waals surface area contributed by atoms with Crippen molar-refractivity contribution in [2.45, 2.75) is 19.6 Å². The molecule has 0 aliphatic heterocycles. The standard InChI is InChI=1S/C15H12BrClF2O2/c1-8(20)10-6-9(17)2-5-14(10)21-7-11-13(18)4-3-12(16)15(11)19/h2-6,8,20H,7H2,1H3/t8-/m1/s1. The summed E-state index contributed by atoms with van der Waals surface area (Å²) in [6.07, 6.45) is -0.809. The summed E-state index contributed by atoms with van der Waals surface area (Å²) in [4.78, 5) is 0. The lowest BCUT2D eigenvalue weighted by atomic mass is 10.1. The lowest BCUT2D eigenvalue weighted by Gasteiger charge is -2.14. The molecule has 0 heterocycles. The Kier molecular flexibility index (Phi) is 5.19. The maximum atomic E-state index is 13.9. The smallest absolute Gasteiger partial charge is 0.146 e. The molecule has 0 aliphatic carbocycles. The van der Waals surface area contributed by atoms with E-state index in [0.717, 1.165) is 6.07 Å². The Balaban J connectivity index is 2.27. The quantitative estimate of drug-likeness (QED) is 0.759. The number of hydrogen-bond acceptors (Lipinski definition) is 2. The summed E-state index contributed by atoms with van der Waals surface area (Å²) < 4.78 is 33.1. The fraction of sp³-hybridized carbons (Fsp3) is 0.200. The van der Waals surface area contributed by atoms with Gasteiger partial charge in [-0.05, 0) is 53.2 Å². The largest absolute Gasteiger partial charge is 0.488 e. The van der Waals surface area contributed by atoms with Gasteiger partial charge >= 0.3 is 0 Å². The van der Waals surface area contributed by atoms with Crippen LogP contribution >= 0.6 is 27.5 Å². The molecule has 0 fully saturated rings. The van der Waals surface area contributed by atoms with Crippen LogP contribution in [0.1, 0.15) is 24.2 Å². The molecule has 2 aromatic carbocycles. The molecule has 1 N–H and O–H groups in total. The van der Waals surface area contributed by atoms with Crippen molar-refractivity contribution in [3.05, 3.63) is 62.6 Å². The van der Waals surface area contributed by atoms with Gasteiger partial charge in [-0.25, -0.2) is 8.78 Å². The van der Waals surface area contributed by atoms with Crippen LogP contribution in [0.4, 0.5) is 8.78 Å². The van der Waals surface area contributed by atoms with E-state index < -0.39 is 17.7 Å². The van der Waals surface area contributed by atoms with Crippen molar-refractivity contribution >= 4 is 27.5 Å². The topological polar surface area (TPSA) is 29.5 Å². The van der Waals surface area contributed by atoms with Crippen LogP contribution in [0.3, 0.4) is 0 Å². The molecular weight excluding hydrogens is 366 g/mol. The summed E-state index contributed by atoms with van der Waals surface area (Å²) in [6, 6.07) is 7.13. The first kappa shape index (κ1) is 16.2. The molecule has 0 radical (unpaired) electrons. The average molecular weight is 378 g/mol. The SMILES string of the molecule is C[C@@H](O)c1cc(Cl)ccc1OCc1c(F)ccc(Br)c1F. The van der Waals surface area contributed by atoms with Gasteiger partial charge in [0.05, 0.1) is 16.1 Å². The molecule has 21 heavy (non-hydrogen) atoms. The number of benzene rings is 2. The van der Waals surface area contributed by atoms with Gasteiger partial charge in [-0.3, -0.25) is 0 Å². The zero-order valence-electron chi connectivity index (χ0n) is 11.0. The van der Waals surface area contributed by atoms with Crippen molar-refractivity contribution in [2.75, 3.05) is 0 Å². The minimum atomic E-state index is -0.809. The van der Waals surface area contributed by atoms with Crippen LogP contribution in [0.5, 0.6) is 5.75 Å². The number of aliphatic hydroxyl groups excluding tert-OH is 1. The first-order valence-corrected chi connectivity index (χ1v) is 7.30. The fourth-order valence-corrected chi connectivity index (χ4v) is 2.38. The lowest BCUT2D eigenvalue weighted by molar-refractivity contribution is 0.189. The second-order valence-electron chi connectivity index (χ2n) is 4.47. The molecule has 6 heteroatoms. The lowest BCUT2D eigenvalue weighted by Crippen LogP contribution is -2.05. The highest BCUT2D eigenvalue weighted by molar-refractivity contribution is 9.10. The second kappa shape index (κ2) is 6.73. The third kappa shape index (κ3) is 3.73. The van der Waals surface area contributed by atoms with Crippen molar-refractivity contribution in [1.29, 1.82) is 0 Å². The van der Waals surface area contributed by atoms with Crippen LogP contribution in [-0.2, 0) is 6.61 Å². The van der Waals surface area contributed by atoms with Gasteiger partial charge in [0.1, 0.15) is 24.0 Å². The first-order chi connectivity index (χ1) is 9.90. The molecule has 0 unspecified atom stereocenters. The van der Waals surface area contributed by atoms with Crippen molar-refractivity contribution in [1.82, 2.24) is 0 Å². The van der Waals surface area contributed by atoms with Crippen LogP contribution in [0, 0.1) is 11.6 Å². The van der Waals surface area contributed by atoms with Gasteiger partial charge in [-0.1, -0.05) is 11.6 Å². The van der Waals surface area contributed by atoms with Crippen LogP contribution in [0.25, 0.3) is 0 Å². The van der Waals surface area contributed by atoms with E-state index in [1.807, 2.05) is 0 Å². The van der Waals surface area contributed by atoms with Gasteiger partial charge in [-0.15, -0.1) is 0 Å². The minimum absolute atomic E-state index is 0.161. The highest BCUT2D eigenvalue weighted by atomic mass is 79.9. The highest BCUT2D eigenvalue weighted by Crippen LogP contribution is 2.30. The molecule has 112 valence electrons. The Labute approximate surface area is 134 Å². The van der Waals surface area contributed by atoms with Gasteiger partial charge in [0.2, 0.25) is 0 Å². The number of rotatable bonds is 4. The predicted octanol–water partition coefficient (Wildman–Crippen LogP) is 5.01. The molecule has 0 saturated carbocycles. The second-order valence-corrected chi connectivity index (χ2v) is 5.76. The molecule has 0 aliphatic rings. The molecule has 0 spiro atoms. The molecule has 0 bridgehead atoms. The van der Waals surface area contributed by atoms with Crippen LogP contribution < -0.4 is 4.74 Å². The number of halogens is 4. The molecule has 2 aromatic rings. The van der Waals surface area contributed by atoms with E-state index in [4.69, 9.17) is 16.3 Å². The molecule has 2 rings (SSSR count). The Morgan fingerprint density at radius 3 is 2.67 bits per heavy atom. The van der Waals surface area contributed by atoms with Gasteiger partial charge in [0.25, 0.3) is 0 Å². The van der Waals surface area contributed by atoms with Crippen molar-refractivity contribution in [3.63, 3.8) is 0 Å². The van der Waals surface area contributed by atoms with Crippen LogP contribution in [-0.4, -0.2) is 5.11 Å². The monoisotopic (exact) mass is 376 g/mol. The number of ether oxygens (including phenoxy) is 1. The van der Waals surface area contributed by atoms with Crippen LogP contribution in [0.2, 0.25) is 5.02 Å². The molecular formula is C15H12BrClF2O2. The number of aliphatic hydroxyl groups is 1. The van der Waals surface area contributed by atoms with E-state index in [1.165, 1.54) is 6.07 Å². The summed E-state index contributed by atoms with van der Waals surface area (Å²) >= 11 is 8.86. The highest BCUT2D eigenvalue weighted by Gasteiger charge is 2.15. The zero-order chi connectivity index (χ0) is 15.6. The van der Waals surface area contributed by atoms with Gasteiger partial charge in [0, 0.05) is 10.6 Å². The van der Waals surface area contributed by atoms with Gasteiger partial charge in [-0.2, -0.15) is 0 Å². The van der Waals surface area contributed by atoms with Gasteiger partial charge < -0.3 is 9.84 Å². The fourth-order valence-electron chi connectivity index (χ4n) is 1.83. The third-order valence-corrected chi connectivity index (χ3v) is 3.78. The Hall–Kier alpha value is -1.17. The van der Waals surface area contributed by atoms with Crippen molar-refractivity contribution in [3.8, 4) is 5.75 Å². The summed E-state index contributed by atoms with van der Waals surface area (Å²) in [5, 5.41) is 10.1. The summed E-state index contributed by atoms with van der Waals surface area (Å²) in [6.45, 7) is 1.26. The van der Waals surface area contributed by atoms with E-state index in [9.17, 15) is 13.9 Å². The maximum Gasteiger partial charge on any atom is 0.146 e. The molecule has 2 nitrogen and oxygen atoms in total. The predicted molar refractivity (Wildman–Crippen MR) is 80.5 cm³/mol. The average Bonchev–Trinajstić information content (AvgIpc) is 2.44. The van der Waals surface area contributed by atoms with Gasteiger partial charge in [0.15, 0.2) is 0 Å². The molecule has 1 atom stereocenters. The Morgan fingerprint density at radius 1 is 1.29 bits per heavy atom. The van der Waals surface area contributed by atoms with E-state index in [-0.39, 0.29) is 16.6 Å². The van der Waals surface area contributed by atoms with Crippen LogP contribution in [0.15, 0.2) is 34.8 Å². The normalized spacial score (nSPS) is 12.3. The minimum Gasteiger partial charge on any atom is -0.488 e.